The number of aromatic nitrogens is 1. The molecule has 29 heavy (non-hydrogen) atoms. The number of hydrogen-bond donors (Lipinski definition) is 3. The van der Waals surface area contributed by atoms with Crippen LogP contribution in [0.2, 0.25) is 5.02 Å². The maximum absolute atomic E-state index is 12.8. The van der Waals surface area contributed by atoms with Crippen LogP contribution in [0.3, 0.4) is 0 Å². The first-order chi connectivity index (χ1) is 13.9. The van der Waals surface area contributed by atoms with Crippen molar-refractivity contribution in [1.29, 1.82) is 0 Å². The molecule has 0 atom stereocenters. The summed E-state index contributed by atoms with van der Waals surface area (Å²) in [7, 11) is -3.74. The SMILES string of the molecule is NCc1ccc(S(=O)(=O)c2ccc(NC(=O)NCc3cccnc3)cc2)cc1Cl. The molecule has 0 fully saturated rings. The Morgan fingerprint density at radius 1 is 1.07 bits per heavy atom. The van der Waals surface area contributed by atoms with Crippen LogP contribution in [0.25, 0.3) is 0 Å². The van der Waals surface area contributed by atoms with Gasteiger partial charge in [-0.15, -0.1) is 0 Å². The first kappa shape index (κ1) is 20.8. The standard InChI is InChI=1S/C20H19ClN4O3S/c21-19-10-18(6-3-15(19)11-22)29(27,28)17-7-4-16(5-8-17)25-20(26)24-13-14-2-1-9-23-12-14/h1-10,12H,11,13,22H2,(H2,24,25,26). The van der Waals surface area contributed by atoms with E-state index in [1.807, 2.05) is 6.07 Å². The third kappa shape index (κ3) is 5.11. The summed E-state index contributed by atoms with van der Waals surface area (Å²) in [6, 6.07) is 13.6. The van der Waals surface area contributed by atoms with Gasteiger partial charge in [-0.1, -0.05) is 23.7 Å². The molecule has 1 heterocycles. The summed E-state index contributed by atoms with van der Waals surface area (Å²) in [5.74, 6) is 0. The lowest BCUT2D eigenvalue weighted by Crippen LogP contribution is -2.28. The number of nitrogens with zero attached hydrogens (tertiary/aromatic N) is 1. The Kier molecular flexibility index (Phi) is 6.48. The summed E-state index contributed by atoms with van der Waals surface area (Å²) in [4.78, 5) is 16.1. The smallest absolute Gasteiger partial charge is 0.319 e. The lowest BCUT2D eigenvalue weighted by molar-refractivity contribution is 0.251. The third-order valence-corrected chi connectivity index (χ3v) is 6.27. The average Bonchev–Trinajstić information content (AvgIpc) is 2.73. The van der Waals surface area contributed by atoms with Crippen molar-refractivity contribution in [1.82, 2.24) is 10.3 Å². The molecule has 3 rings (SSSR count). The van der Waals surface area contributed by atoms with Crippen molar-refractivity contribution in [2.45, 2.75) is 22.9 Å². The van der Waals surface area contributed by atoms with Crippen molar-refractivity contribution in [3.8, 4) is 0 Å². The minimum atomic E-state index is -3.74. The number of pyridine rings is 1. The molecule has 4 N–H and O–H groups in total. The minimum absolute atomic E-state index is 0.0784. The summed E-state index contributed by atoms with van der Waals surface area (Å²) >= 11 is 6.08. The Morgan fingerprint density at radius 3 is 2.41 bits per heavy atom. The molecule has 150 valence electrons. The van der Waals surface area contributed by atoms with E-state index in [1.165, 1.54) is 36.4 Å². The molecule has 3 aromatic rings. The minimum Gasteiger partial charge on any atom is -0.334 e. The molecule has 9 heteroatoms. The van der Waals surface area contributed by atoms with Crippen molar-refractivity contribution in [2.24, 2.45) is 5.73 Å². The van der Waals surface area contributed by atoms with Crippen LogP contribution < -0.4 is 16.4 Å². The van der Waals surface area contributed by atoms with Crippen LogP contribution in [0.15, 0.2) is 76.8 Å². The van der Waals surface area contributed by atoms with E-state index in [9.17, 15) is 13.2 Å². The lowest BCUT2D eigenvalue weighted by atomic mass is 10.2. The summed E-state index contributed by atoms with van der Waals surface area (Å²) in [6.07, 6.45) is 3.31. The fourth-order valence-electron chi connectivity index (χ4n) is 2.57. The fraction of sp³-hybridized carbons (Fsp3) is 0.100. The van der Waals surface area contributed by atoms with E-state index < -0.39 is 15.9 Å². The molecule has 0 aliphatic carbocycles. The van der Waals surface area contributed by atoms with E-state index >= 15 is 0 Å². The zero-order chi connectivity index (χ0) is 20.9. The first-order valence-corrected chi connectivity index (χ1v) is 10.5. The van der Waals surface area contributed by atoms with Crippen LogP contribution in [0.4, 0.5) is 10.5 Å². The highest BCUT2D eigenvalue weighted by Gasteiger charge is 2.19. The van der Waals surface area contributed by atoms with E-state index in [4.69, 9.17) is 17.3 Å². The fourth-order valence-corrected chi connectivity index (χ4v) is 4.18. The number of benzene rings is 2. The number of nitrogens with one attached hydrogen (secondary N) is 2. The predicted octanol–water partition coefficient (Wildman–Crippen LogP) is 3.35. The monoisotopic (exact) mass is 430 g/mol. The number of carbonyl (C=O) groups is 1. The lowest BCUT2D eigenvalue weighted by Gasteiger charge is -2.10. The number of carbonyl (C=O) groups excluding carboxylic acids is 1. The van der Waals surface area contributed by atoms with Crippen LogP contribution >= 0.6 is 11.6 Å². The molecule has 0 saturated carbocycles. The van der Waals surface area contributed by atoms with Gasteiger partial charge in [-0.2, -0.15) is 0 Å². The number of amides is 2. The summed E-state index contributed by atoms with van der Waals surface area (Å²) in [6.45, 7) is 0.550. The highest BCUT2D eigenvalue weighted by Crippen LogP contribution is 2.26. The van der Waals surface area contributed by atoms with Crippen LogP contribution in [0.5, 0.6) is 0 Å². The summed E-state index contributed by atoms with van der Waals surface area (Å²) in [5, 5.41) is 5.66. The van der Waals surface area contributed by atoms with Gasteiger partial charge in [-0.25, -0.2) is 13.2 Å². The van der Waals surface area contributed by atoms with Gasteiger partial charge in [-0.05, 0) is 53.6 Å². The number of halogens is 1. The van der Waals surface area contributed by atoms with E-state index in [0.717, 1.165) is 5.56 Å². The van der Waals surface area contributed by atoms with Gasteiger partial charge in [-0.3, -0.25) is 4.98 Å². The Bertz CT molecular complexity index is 1100. The highest BCUT2D eigenvalue weighted by molar-refractivity contribution is 7.91. The van der Waals surface area contributed by atoms with Gasteiger partial charge in [0.25, 0.3) is 0 Å². The summed E-state index contributed by atoms with van der Waals surface area (Å²) in [5.41, 5.74) is 7.55. The second-order valence-corrected chi connectivity index (χ2v) is 8.51. The first-order valence-electron chi connectivity index (χ1n) is 8.67. The van der Waals surface area contributed by atoms with E-state index in [-0.39, 0.29) is 16.3 Å². The van der Waals surface area contributed by atoms with E-state index in [2.05, 4.69) is 15.6 Å². The number of rotatable bonds is 6. The number of anilines is 1. The number of nitrogens with two attached hydrogens (primary N) is 1. The normalized spacial score (nSPS) is 11.1. The molecule has 0 unspecified atom stereocenters. The van der Waals surface area contributed by atoms with Gasteiger partial charge in [0, 0.05) is 36.2 Å². The Labute approximate surface area is 173 Å². The van der Waals surface area contributed by atoms with Gasteiger partial charge in [0.2, 0.25) is 9.84 Å². The largest absolute Gasteiger partial charge is 0.334 e. The van der Waals surface area contributed by atoms with Gasteiger partial charge in [0.1, 0.15) is 0 Å². The molecule has 0 radical (unpaired) electrons. The third-order valence-electron chi connectivity index (χ3n) is 4.15. The number of hydrogen-bond acceptors (Lipinski definition) is 5. The van der Waals surface area contributed by atoms with Crippen molar-refractivity contribution in [3.63, 3.8) is 0 Å². The molecule has 0 bridgehead atoms. The average molecular weight is 431 g/mol. The maximum Gasteiger partial charge on any atom is 0.319 e. The molecular formula is C20H19ClN4O3S. The molecule has 0 saturated heterocycles. The topological polar surface area (TPSA) is 114 Å². The molecule has 1 aromatic heterocycles. The maximum atomic E-state index is 12.8. The van der Waals surface area contributed by atoms with Gasteiger partial charge < -0.3 is 16.4 Å². The molecule has 7 nitrogen and oxygen atoms in total. The molecular weight excluding hydrogens is 412 g/mol. The molecule has 0 aliphatic heterocycles. The van der Waals surface area contributed by atoms with Crippen LogP contribution in [-0.4, -0.2) is 19.4 Å². The van der Waals surface area contributed by atoms with Crippen LogP contribution in [0, 0.1) is 0 Å². The Balaban J connectivity index is 1.67. The van der Waals surface area contributed by atoms with Gasteiger partial charge in [0.05, 0.1) is 9.79 Å². The zero-order valence-corrected chi connectivity index (χ0v) is 16.9. The second kappa shape index (κ2) is 9.04. The van der Waals surface area contributed by atoms with Crippen LogP contribution in [0.1, 0.15) is 11.1 Å². The van der Waals surface area contributed by atoms with Gasteiger partial charge >= 0.3 is 6.03 Å². The van der Waals surface area contributed by atoms with Crippen molar-refractivity contribution in [2.75, 3.05) is 5.32 Å². The van der Waals surface area contributed by atoms with Crippen molar-refractivity contribution >= 4 is 33.2 Å². The van der Waals surface area contributed by atoms with Crippen LogP contribution in [-0.2, 0) is 22.9 Å². The number of sulfone groups is 1. The molecule has 2 aromatic carbocycles. The van der Waals surface area contributed by atoms with E-state index in [1.54, 1.807) is 24.5 Å². The van der Waals surface area contributed by atoms with Crippen molar-refractivity contribution < 1.29 is 13.2 Å². The Morgan fingerprint density at radius 2 is 1.79 bits per heavy atom. The van der Waals surface area contributed by atoms with E-state index in [0.29, 0.717) is 22.8 Å². The quantitative estimate of drug-likeness (QED) is 0.554. The molecule has 2 amide bonds. The highest BCUT2D eigenvalue weighted by atomic mass is 35.5. The molecule has 0 aliphatic rings. The Hall–Kier alpha value is -2.94. The second-order valence-electron chi connectivity index (χ2n) is 6.15. The number of urea groups is 1. The van der Waals surface area contributed by atoms with Crippen molar-refractivity contribution in [3.05, 3.63) is 83.1 Å². The summed E-state index contributed by atoms with van der Waals surface area (Å²) < 4.78 is 25.6. The van der Waals surface area contributed by atoms with Gasteiger partial charge in [0.15, 0.2) is 0 Å². The predicted molar refractivity (Wildman–Crippen MR) is 111 cm³/mol. The molecule has 0 spiro atoms. The zero-order valence-electron chi connectivity index (χ0n) is 15.3.